The molecule has 1 radical (unpaired) electrons. The fourth-order valence-electron chi connectivity index (χ4n) is 3.48. The maximum Gasteiger partial charge on any atom is 0.271 e. The molecule has 0 bridgehead atoms. The third-order valence-corrected chi connectivity index (χ3v) is 6.41. The molecule has 1 rings (SSSR count). The van der Waals surface area contributed by atoms with Crippen molar-refractivity contribution < 1.29 is 29.4 Å². The quantitative estimate of drug-likeness (QED) is 0.157. The Kier molecular flexibility index (Phi) is 19.3. The van der Waals surface area contributed by atoms with E-state index in [1.165, 1.54) is 83.5 Å². The summed E-state index contributed by atoms with van der Waals surface area (Å²) in [7, 11) is -3.45. The molecule has 0 saturated carbocycles. The van der Waals surface area contributed by atoms with Gasteiger partial charge in [0.25, 0.3) is 10.1 Å². The van der Waals surface area contributed by atoms with E-state index in [0.29, 0.717) is 6.61 Å². The average Bonchev–Trinajstić information content (AvgIpc) is 2.68. The number of rotatable bonds is 19. The number of hydrogen-bond donors (Lipinski definition) is 0. The monoisotopic (exact) mass is 469 g/mol. The molecule has 171 valence electrons. The molecule has 5 heteroatoms. The maximum atomic E-state index is 11.9. The fourth-order valence-corrected chi connectivity index (χ4v) is 4.54. The molecule has 1 aromatic rings. The zero-order chi connectivity index (χ0) is 20.3. The van der Waals surface area contributed by atoms with Crippen LogP contribution in [-0.4, -0.2) is 15.0 Å². The first-order valence-corrected chi connectivity index (χ1v) is 13.1. The minimum atomic E-state index is -3.45. The van der Waals surface area contributed by atoms with Crippen molar-refractivity contribution in [2.75, 3.05) is 6.61 Å². The van der Waals surface area contributed by atoms with Crippen molar-refractivity contribution in [2.45, 2.75) is 109 Å². The second kappa shape index (κ2) is 19.6. The minimum Gasteiger partial charge on any atom is -0.270 e. The molecule has 0 aromatic heterocycles. The van der Waals surface area contributed by atoms with Crippen molar-refractivity contribution in [1.29, 1.82) is 0 Å². The van der Waals surface area contributed by atoms with Crippen molar-refractivity contribution in [2.24, 2.45) is 0 Å². The van der Waals surface area contributed by atoms with Gasteiger partial charge in [-0.1, -0.05) is 127 Å². The Morgan fingerprint density at radius 1 is 0.655 bits per heavy atom. The molecule has 29 heavy (non-hydrogen) atoms. The maximum absolute atomic E-state index is 11.9. The van der Waals surface area contributed by atoms with Gasteiger partial charge >= 0.3 is 0 Å². The van der Waals surface area contributed by atoms with Gasteiger partial charge in [0.1, 0.15) is 5.75 Å². The molecule has 0 atom stereocenters. The van der Waals surface area contributed by atoms with E-state index in [-0.39, 0.29) is 22.5 Å². The van der Waals surface area contributed by atoms with Crippen molar-refractivity contribution in [3.63, 3.8) is 0 Å². The predicted octanol–water partition coefficient (Wildman–Crippen LogP) is 7.40. The van der Waals surface area contributed by atoms with E-state index in [1.54, 1.807) is 0 Å². The molecule has 0 aliphatic rings. The van der Waals surface area contributed by atoms with Crippen LogP contribution in [0.2, 0.25) is 0 Å². The Hall–Kier alpha value is -0.364. The van der Waals surface area contributed by atoms with Crippen LogP contribution in [0.25, 0.3) is 0 Å². The van der Waals surface area contributed by atoms with E-state index in [2.05, 4.69) is 6.92 Å². The Morgan fingerprint density at radius 3 is 1.52 bits per heavy atom. The molecular weight excluding hydrogens is 427 g/mol. The first kappa shape index (κ1) is 28.6. The van der Waals surface area contributed by atoms with E-state index in [0.717, 1.165) is 18.4 Å². The van der Waals surface area contributed by atoms with E-state index in [9.17, 15) is 8.42 Å². The molecular formula is C24H42CoO3S. The summed E-state index contributed by atoms with van der Waals surface area (Å²) in [5.41, 5.74) is 0.777. The Balaban J connectivity index is 0.00000784. The molecule has 0 heterocycles. The fraction of sp³-hybridized carbons (Fsp3) is 0.750. The first-order valence-electron chi connectivity index (χ1n) is 11.5. The standard InChI is InChI=1S/C24H42O3S.Co/c1-2-3-4-5-6-7-8-9-10-11-12-13-14-15-19-22-27-28(25,26)23-24-20-17-16-18-21-24;/h16-18,20-21H,2-15,19,22-23H2,1H3;. The summed E-state index contributed by atoms with van der Waals surface area (Å²) in [4.78, 5) is 0. The van der Waals surface area contributed by atoms with Crippen molar-refractivity contribution in [1.82, 2.24) is 0 Å². The van der Waals surface area contributed by atoms with Crippen LogP contribution >= 0.6 is 0 Å². The zero-order valence-electron chi connectivity index (χ0n) is 18.4. The average molecular weight is 470 g/mol. The van der Waals surface area contributed by atoms with Gasteiger partial charge in [0, 0.05) is 16.8 Å². The third kappa shape index (κ3) is 18.1. The summed E-state index contributed by atoms with van der Waals surface area (Å²) in [5, 5.41) is 0. The van der Waals surface area contributed by atoms with E-state index in [4.69, 9.17) is 4.18 Å². The van der Waals surface area contributed by atoms with E-state index in [1.807, 2.05) is 30.3 Å². The van der Waals surface area contributed by atoms with Crippen LogP contribution in [0.3, 0.4) is 0 Å². The number of unbranched alkanes of at least 4 members (excludes halogenated alkanes) is 14. The topological polar surface area (TPSA) is 43.4 Å². The van der Waals surface area contributed by atoms with E-state index >= 15 is 0 Å². The largest absolute Gasteiger partial charge is 0.271 e. The van der Waals surface area contributed by atoms with Crippen LogP contribution in [0, 0.1) is 0 Å². The summed E-state index contributed by atoms with van der Waals surface area (Å²) in [6, 6.07) is 9.20. The Morgan fingerprint density at radius 2 is 1.07 bits per heavy atom. The van der Waals surface area contributed by atoms with Gasteiger partial charge in [0.05, 0.1) is 6.61 Å². The van der Waals surface area contributed by atoms with Gasteiger partial charge in [-0.25, -0.2) is 0 Å². The SMILES string of the molecule is CCCCCCCCCCCCCCCCCOS(=O)(=O)Cc1ccccc1.[Co]. The summed E-state index contributed by atoms with van der Waals surface area (Å²) in [6.45, 7) is 2.58. The van der Waals surface area contributed by atoms with Crippen molar-refractivity contribution in [3.05, 3.63) is 35.9 Å². The molecule has 0 aliphatic heterocycles. The second-order valence-corrected chi connectivity index (χ2v) is 9.60. The summed E-state index contributed by atoms with van der Waals surface area (Å²) in [5.74, 6) is -0.0351. The molecule has 0 saturated heterocycles. The van der Waals surface area contributed by atoms with Gasteiger partial charge in [-0.2, -0.15) is 8.42 Å². The molecule has 0 amide bonds. The van der Waals surface area contributed by atoms with Crippen LogP contribution in [0.5, 0.6) is 0 Å². The normalized spacial score (nSPS) is 11.3. The number of hydrogen-bond acceptors (Lipinski definition) is 3. The molecule has 0 aliphatic carbocycles. The summed E-state index contributed by atoms with van der Waals surface area (Å²) < 4.78 is 29.0. The Bertz CT molecular complexity index is 561. The first-order chi connectivity index (χ1) is 13.6. The van der Waals surface area contributed by atoms with Crippen molar-refractivity contribution in [3.8, 4) is 0 Å². The van der Waals surface area contributed by atoms with E-state index < -0.39 is 10.1 Å². The predicted molar refractivity (Wildman–Crippen MR) is 120 cm³/mol. The summed E-state index contributed by atoms with van der Waals surface area (Å²) >= 11 is 0. The number of benzene rings is 1. The van der Waals surface area contributed by atoms with Gasteiger partial charge < -0.3 is 0 Å². The molecule has 0 unspecified atom stereocenters. The van der Waals surface area contributed by atoms with Crippen molar-refractivity contribution >= 4 is 10.1 Å². The zero-order valence-corrected chi connectivity index (χ0v) is 20.2. The second-order valence-electron chi connectivity index (χ2n) is 7.96. The Labute approximate surface area is 190 Å². The van der Waals surface area contributed by atoms with Gasteiger partial charge in [-0.3, -0.25) is 4.18 Å². The van der Waals surface area contributed by atoms with Gasteiger partial charge in [-0.05, 0) is 12.0 Å². The molecule has 0 fully saturated rings. The molecule has 3 nitrogen and oxygen atoms in total. The van der Waals surface area contributed by atoms with Crippen LogP contribution in [-0.2, 0) is 36.8 Å². The van der Waals surface area contributed by atoms with Crippen LogP contribution in [0.1, 0.15) is 109 Å². The van der Waals surface area contributed by atoms with Crippen LogP contribution in [0.15, 0.2) is 30.3 Å². The molecule has 0 spiro atoms. The third-order valence-electron chi connectivity index (χ3n) is 5.20. The summed E-state index contributed by atoms with van der Waals surface area (Å²) in [6.07, 6.45) is 19.5. The van der Waals surface area contributed by atoms with Crippen LogP contribution in [0.4, 0.5) is 0 Å². The smallest absolute Gasteiger partial charge is 0.270 e. The van der Waals surface area contributed by atoms with Gasteiger partial charge in [-0.15, -0.1) is 0 Å². The molecule has 0 N–H and O–H groups in total. The minimum absolute atomic E-state index is 0. The van der Waals surface area contributed by atoms with Gasteiger partial charge in [0.15, 0.2) is 0 Å². The van der Waals surface area contributed by atoms with Crippen LogP contribution < -0.4 is 0 Å². The molecule has 1 aromatic carbocycles. The van der Waals surface area contributed by atoms with Gasteiger partial charge in [0.2, 0.25) is 0 Å².